The molecule has 1 atom stereocenters. The number of amides is 2. The van der Waals surface area contributed by atoms with Crippen LogP contribution in [-0.2, 0) is 9.59 Å². The lowest BCUT2D eigenvalue weighted by Crippen LogP contribution is -2.45. The van der Waals surface area contributed by atoms with Crippen LogP contribution >= 0.6 is 11.6 Å². The number of rotatable bonds is 8. The molecule has 1 unspecified atom stereocenters. The maximum Gasteiger partial charge on any atom is 0.242 e. The molecule has 0 spiro atoms. The van der Waals surface area contributed by atoms with Gasteiger partial charge in [0.25, 0.3) is 0 Å². The van der Waals surface area contributed by atoms with Gasteiger partial charge in [0.1, 0.15) is 6.04 Å². The molecule has 0 saturated carbocycles. The lowest BCUT2D eigenvalue weighted by Gasteiger charge is -2.13. The minimum absolute atomic E-state index is 0.0485. The van der Waals surface area contributed by atoms with E-state index in [4.69, 9.17) is 11.6 Å². The first-order valence-electron chi connectivity index (χ1n) is 7.30. The number of Topliss-reactive ketones (excluding diaryl/α,β-unsaturated/α-hetero) is 1. The molecule has 0 saturated heterocycles. The second kappa shape index (κ2) is 9.20. The Morgan fingerprint density at radius 3 is 2.36 bits per heavy atom. The predicted octanol–water partition coefficient (Wildman–Crippen LogP) is 2.33. The van der Waals surface area contributed by atoms with Crippen LogP contribution in [0.3, 0.4) is 0 Å². The summed E-state index contributed by atoms with van der Waals surface area (Å²) in [6.07, 6.45) is 0.978. The van der Waals surface area contributed by atoms with Gasteiger partial charge in [-0.3, -0.25) is 14.4 Å². The van der Waals surface area contributed by atoms with Crippen LogP contribution in [0.1, 0.15) is 43.5 Å². The average molecular weight is 325 g/mol. The van der Waals surface area contributed by atoms with Gasteiger partial charge in [0.05, 0.1) is 0 Å². The minimum atomic E-state index is -0.607. The fourth-order valence-electron chi connectivity index (χ4n) is 1.79. The van der Waals surface area contributed by atoms with Gasteiger partial charge in [-0.1, -0.05) is 18.5 Å². The number of halogens is 1. The number of carbonyl (C=O) groups is 3. The standard InChI is InChI=1S/C16H21ClN2O3/c1-3-10-18-16(22)11(2)19-15(21)9-8-14(20)12-4-6-13(17)7-5-12/h4-7,11H,3,8-10H2,1-2H3,(H,18,22)(H,19,21). The Bertz CT molecular complexity index is 529. The van der Waals surface area contributed by atoms with Gasteiger partial charge in [0.2, 0.25) is 11.8 Å². The molecule has 0 bridgehead atoms. The second-order valence-corrected chi connectivity index (χ2v) is 5.45. The summed E-state index contributed by atoms with van der Waals surface area (Å²) in [5.74, 6) is -0.671. The molecular formula is C16H21ClN2O3. The number of benzene rings is 1. The molecule has 0 fully saturated rings. The van der Waals surface area contributed by atoms with Crippen LogP contribution in [0.4, 0.5) is 0 Å². The van der Waals surface area contributed by atoms with Gasteiger partial charge in [-0.25, -0.2) is 0 Å². The molecule has 1 rings (SSSR count). The van der Waals surface area contributed by atoms with Gasteiger partial charge >= 0.3 is 0 Å². The third kappa shape index (κ3) is 6.26. The molecule has 0 aliphatic heterocycles. The largest absolute Gasteiger partial charge is 0.354 e. The van der Waals surface area contributed by atoms with E-state index in [-0.39, 0.29) is 30.4 Å². The molecule has 0 aliphatic carbocycles. The van der Waals surface area contributed by atoms with Gasteiger partial charge in [0.15, 0.2) is 5.78 Å². The first-order chi connectivity index (χ1) is 10.4. The molecule has 0 aliphatic rings. The van der Waals surface area contributed by atoms with Crippen molar-refractivity contribution in [2.75, 3.05) is 6.54 Å². The zero-order valence-corrected chi connectivity index (χ0v) is 13.6. The Kier molecular flexibility index (Phi) is 7.60. The highest BCUT2D eigenvalue weighted by Gasteiger charge is 2.16. The molecule has 1 aromatic rings. The van der Waals surface area contributed by atoms with Crippen molar-refractivity contribution in [3.8, 4) is 0 Å². The Hall–Kier alpha value is -1.88. The van der Waals surface area contributed by atoms with Crippen LogP contribution in [0.25, 0.3) is 0 Å². The van der Waals surface area contributed by atoms with Crippen molar-refractivity contribution in [2.45, 2.75) is 39.2 Å². The number of ketones is 1. The van der Waals surface area contributed by atoms with Gasteiger partial charge in [-0.2, -0.15) is 0 Å². The van der Waals surface area contributed by atoms with E-state index in [1.807, 2.05) is 6.92 Å². The molecule has 2 N–H and O–H groups in total. The van der Waals surface area contributed by atoms with Gasteiger partial charge in [0, 0.05) is 30.0 Å². The Morgan fingerprint density at radius 1 is 1.14 bits per heavy atom. The Labute approximate surface area is 135 Å². The van der Waals surface area contributed by atoms with E-state index < -0.39 is 6.04 Å². The highest BCUT2D eigenvalue weighted by atomic mass is 35.5. The Morgan fingerprint density at radius 2 is 1.77 bits per heavy atom. The van der Waals surface area contributed by atoms with Crippen molar-refractivity contribution in [1.29, 1.82) is 0 Å². The monoisotopic (exact) mass is 324 g/mol. The van der Waals surface area contributed by atoms with Gasteiger partial charge < -0.3 is 10.6 Å². The third-order valence-electron chi connectivity index (χ3n) is 3.07. The van der Waals surface area contributed by atoms with E-state index in [1.165, 1.54) is 0 Å². The maximum atomic E-state index is 11.9. The normalized spacial score (nSPS) is 11.6. The zero-order valence-electron chi connectivity index (χ0n) is 12.8. The SMILES string of the molecule is CCCNC(=O)C(C)NC(=O)CCC(=O)c1ccc(Cl)cc1. The van der Waals surface area contributed by atoms with E-state index in [2.05, 4.69) is 10.6 Å². The summed E-state index contributed by atoms with van der Waals surface area (Å²) in [7, 11) is 0. The molecule has 0 heterocycles. The summed E-state index contributed by atoms with van der Waals surface area (Å²) >= 11 is 5.75. The molecule has 6 heteroatoms. The fourth-order valence-corrected chi connectivity index (χ4v) is 1.91. The van der Waals surface area contributed by atoms with Crippen molar-refractivity contribution in [3.05, 3.63) is 34.9 Å². The summed E-state index contributed by atoms with van der Waals surface area (Å²) in [5.41, 5.74) is 0.519. The molecule has 120 valence electrons. The summed E-state index contributed by atoms with van der Waals surface area (Å²) in [6, 6.07) is 5.92. The quantitative estimate of drug-likeness (QED) is 0.721. The van der Waals surface area contributed by atoms with Crippen LogP contribution in [0, 0.1) is 0 Å². The predicted molar refractivity (Wildman–Crippen MR) is 85.9 cm³/mol. The molecular weight excluding hydrogens is 304 g/mol. The second-order valence-electron chi connectivity index (χ2n) is 5.01. The van der Waals surface area contributed by atoms with Crippen molar-refractivity contribution in [1.82, 2.24) is 10.6 Å². The molecule has 0 aromatic heterocycles. The van der Waals surface area contributed by atoms with E-state index in [0.717, 1.165) is 6.42 Å². The molecule has 2 amide bonds. The van der Waals surface area contributed by atoms with Crippen molar-refractivity contribution in [2.24, 2.45) is 0 Å². The summed E-state index contributed by atoms with van der Waals surface area (Å²) in [5, 5.41) is 5.84. The zero-order chi connectivity index (χ0) is 16.5. The van der Waals surface area contributed by atoms with Crippen LogP contribution in [-0.4, -0.2) is 30.2 Å². The van der Waals surface area contributed by atoms with Crippen molar-refractivity contribution >= 4 is 29.2 Å². The van der Waals surface area contributed by atoms with E-state index in [1.54, 1.807) is 31.2 Å². The number of hydrogen-bond acceptors (Lipinski definition) is 3. The number of nitrogens with one attached hydrogen (secondary N) is 2. The van der Waals surface area contributed by atoms with Crippen LogP contribution in [0.5, 0.6) is 0 Å². The van der Waals surface area contributed by atoms with Crippen molar-refractivity contribution < 1.29 is 14.4 Å². The lowest BCUT2D eigenvalue weighted by molar-refractivity contribution is -0.128. The Balaban J connectivity index is 2.37. The first-order valence-corrected chi connectivity index (χ1v) is 7.67. The van der Waals surface area contributed by atoms with E-state index >= 15 is 0 Å². The van der Waals surface area contributed by atoms with Crippen LogP contribution in [0.2, 0.25) is 5.02 Å². The first kappa shape index (κ1) is 18.2. The minimum Gasteiger partial charge on any atom is -0.354 e. The summed E-state index contributed by atoms with van der Waals surface area (Å²) in [6.45, 7) is 4.14. The topological polar surface area (TPSA) is 75.3 Å². The number of hydrogen-bond donors (Lipinski definition) is 2. The highest BCUT2D eigenvalue weighted by molar-refractivity contribution is 6.30. The summed E-state index contributed by atoms with van der Waals surface area (Å²) in [4.78, 5) is 35.3. The summed E-state index contributed by atoms with van der Waals surface area (Å²) < 4.78 is 0. The van der Waals surface area contributed by atoms with Crippen molar-refractivity contribution in [3.63, 3.8) is 0 Å². The lowest BCUT2D eigenvalue weighted by atomic mass is 10.1. The van der Waals surface area contributed by atoms with E-state index in [0.29, 0.717) is 17.1 Å². The smallest absolute Gasteiger partial charge is 0.242 e. The molecule has 1 aromatic carbocycles. The van der Waals surface area contributed by atoms with Crippen LogP contribution in [0.15, 0.2) is 24.3 Å². The molecule has 22 heavy (non-hydrogen) atoms. The number of carbonyl (C=O) groups excluding carboxylic acids is 3. The third-order valence-corrected chi connectivity index (χ3v) is 3.32. The van der Waals surface area contributed by atoms with Gasteiger partial charge in [-0.15, -0.1) is 0 Å². The highest BCUT2D eigenvalue weighted by Crippen LogP contribution is 2.11. The average Bonchev–Trinajstić information content (AvgIpc) is 2.50. The van der Waals surface area contributed by atoms with E-state index in [9.17, 15) is 14.4 Å². The fraction of sp³-hybridized carbons (Fsp3) is 0.438. The maximum absolute atomic E-state index is 11.9. The van der Waals surface area contributed by atoms with Crippen LogP contribution < -0.4 is 10.6 Å². The van der Waals surface area contributed by atoms with Gasteiger partial charge in [-0.05, 0) is 37.6 Å². The molecule has 0 radical (unpaired) electrons. The molecule has 5 nitrogen and oxygen atoms in total.